The molecule has 86 valence electrons. The van der Waals surface area contributed by atoms with Gasteiger partial charge >= 0.3 is 0 Å². The topological polar surface area (TPSA) is 33.2 Å². The maximum Gasteiger partial charge on any atom is 0.151 e. The standard InChI is InChI=1S/C14H14N2O/c1-11-5-3-4-6-13(11)16(2)14-8-7-12(10-17)9-15-14/h3-10H,1-2H3. The van der Waals surface area contributed by atoms with Crippen molar-refractivity contribution < 1.29 is 4.79 Å². The van der Waals surface area contributed by atoms with E-state index in [9.17, 15) is 4.79 Å². The fourth-order valence-electron chi connectivity index (χ4n) is 1.73. The number of carbonyl (C=O) groups excluding carboxylic acids is 1. The van der Waals surface area contributed by atoms with E-state index in [4.69, 9.17) is 0 Å². The van der Waals surface area contributed by atoms with Gasteiger partial charge in [0.1, 0.15) is 5.82 Å². The van der Waals surface area contributed by atoms with Crippen molar-refractivity contribution in [3.8, 4) is 0 Å². The SMILES string of the molecule is Cc1ccccc1N(C)c1ccc(C=O)cn1. The van der Waals surface area contributed by atoms with Gasteiger partial charge in [-0.1, -0.05) is 18.2 Å². The monoisotopic (exact) mass is 226 g/mol. The van der Waals surface area contributed by atoms with Crippen molar-refractivity contribution in [1.29, 1.82) is 0 Å². The van der Waals surface area contributed by atoms with Crippen molar-refractivity contribution >= 4 is 17.8 Å². The zero-order valence-corrected chi connectivity index (χ0v) is 9.92. The van der Waals surface area contributed by atoms with Crippen LogP contribution in [0.3, 0.4) is 0 Å². The van der Waals surface area contributed by atoms with Crippen LogP contribution in [-0.4, -0.2) is 18.3 Å². The number of aromatic nitrogens is 1. The number of nitrogens with zero attached hydrogens (tertiary/aromatic N) is 2. The molecule has 0 aliphatic carbocycles. The molecular weight excluding hydrogens is 212 g/mol. The summed E-state index contributed by atoms with van der Waals surface area (Å²) in [6, 6.07) is 11.7. The molecule has 0 saturated carbocycles. The number of carbonyl (C=O) groups is 1. The number of pyridine rings is 1. The van der Waals surface area contributed by atoms with Crippen LogP contribution in [0.15, 0.2) is 42.6 Å². The third-order valence-electron chi connectivity index (χ3n) is 2.73. The molecule has 0 atom stereocenters. The quantitative estimate of drug-likeness (QED) is 0.754. The molecule has 0 aliphatic heterocycles. The third kappa shape index (κ3) is 2.33. The highest BCUT2D eigenvalue weighted by Crippen LogP contribution is 2.24. The average Bonchev–Trinajstić information content (AvgIpc) is 2.39. The molecule has 0 radical (unpaired) electrons. The number of benzene rings is 1. The lowest BCUT2D eigenvalue weighted by Gasteiger charge is -2.20. The Kier molecular flexibility index (Phi) is 3.19. The van der Waals surface area contributed by atoms with Gasteiger partial charge in [-0.25, -0.2) is 4.98 Å². The van der Waals surface area contributed by atoms with Gasteiger partial charge in [-0.05, 0) is 30.7 Å². The highest BCUT2D eigenvalue weighted by atomic mass is 16.1. The Morgan fingerprint density at radius 2 is 1.94 bits per heavy atom. The van der Waals surface area contributed by atoms with Gasteiger partial charge in [0.2, 0.25) is 0 Å². The minimum atomic E-state index is 0.590. The van der Waals surface area contributed by atoms with Gasteiger partial charge in [0, 0.05) is 24.5 Å². The molecule has 0 saturated heterocycles. The van der Waals surface area contributed by atoms with Gasteiger partial charge in [0.15, 0.2) is 6.29 Å². The first kappa shape index (κ1) is 11.3. The van der Waals surface area contributed by atoms with E-state index in [1.807, 2.05) is 36.2 Å². The molecule has 0 aliphatic rings. The third-order valence-corrected chi connectivity index (χ3v) is 2.73. The van der Waals surface area contributed by atoms with Gasteiger partial charge in [0.05, 0.1) is 0 Å². The largest absolute Gasteiger partial charge is 0.329 e. The summed E-state index contributed by atoms with van der Waals surface area (Å²) < 4.78 is 0. The van der Waals surface area contributed by atoms with Crippen molar-refractivity contribution in [1.82, 2.24) is 4.98 Å². The fourth-order valence-corrected chi connectivity index (χ4v) is 1.73. The Balaban J connectivity index is 2.33. The first-order valence-corrected chi connectivity index (χ1v) is 5.43. The molecule has 2 rings (SSSR count). The number of anilines is 2. The van der Waals surface area contributed by atoms with Gasteiger partial charge in [0.25, 0.3) is 0 Å². The second kappa shape index (κ2) is 4.78. The molecule has 0 spiro atoms. The lowest BCUT2D eigenvalue weighted by molar-refractivity contribution is 0.112. The maximum absolute atomic E-state index is 10.6. The molecule has 1 aromatic carbocycles. The Labute approximate surface area is 101 Å². The van der Waals surface area contributed by atoms with Crippen LogP contribution < -0.4 is 4.90 Å². The van der Waals surface area contributed by atoms with Crippen LogP contribution in [0.1, 0.15) is 15.9 Å². The zero-order valence-electron chi connectivity index (χ0n) is 9.92. The van der Waals surface area contributed by atoms with Crippen LogP contribution in [0, 0.1) is 6.92 Å². The minimum Gasteiger partial charge on any atom is -0.329 e. The van der Waals surface area contributed by atoms with Crippen molar-refractivity contribution in [2.24, 2.45) is 0 Å². The van der Waals surface area contributed by atoms with Gasteiger partial charge in [-0.15, -0.1) is 0 Å². The lowest BCUT2D eigenvalue weighted by Crippen LogP contribution is -2.12. The molecule has 0 unspecified atom stereocenters. The van der Waals surface area contributed by atoms with Crippen LogP contribution in [0.4, 0.5) is 11.5 Å². The summed E-state index contributed by atoms with van der Waals surface area (Å²) in [5.74, 6) is 0.824. The minimum absolute atomic E-state index is 0.590. The van der Waals surface area contributed by atoms with Gasteiger partial charge in [-0.2, -0.15) is 0 Å². The molecule has 17 heavy (non-hydrogen) atoms. The number of para-hydroxylation sites is 1. The Bertz CT molecular complexity index is 520. The van der Waals surface area contributed by atoms with Crippen LogP contribution in [0.25, 0.3) is 0 Å². The second-order valence-electron chi connectivity index (χ2n) is 3.91. The van der Waals surface area contributed by atoms with Gasteiger partial charge < -0.3 is 4.90 Å². The molecule has 1 heterocycles. The summed E-state index contributed by atoms with van der Waals surface area (Å²) >= 11 is 0. The number of aldehydes is 1. The summed E-state index contributed by atoms with van der Waals surface area (Å²) in [6.07, 6.45) is 2.38. The molecule has 1 aromatic heterocycles. The van der Waals surface area contributed by atoms with E-state index in [0.29, 0.717) is 5.56 Å². The van der Waals surface area contributed by atoms with Crippen LogP contribution >= 0.6 is 0 Å². The maximum atomic E-state index is 10.6. The molecule has 0 N–H and O–H groups in total. The smallest absolute Gasteiger partial charge is 0.151 e. The van der Waals surface area contributed by atoms with Crippen LogP contribution in [0.5, 0.6) is 0 Å². The van der Waals surface area contributed by atoms with Crippen molar-refractivity contribution in [3.05, 3.63) is 53.7 Å². The van der Waals surface area contributed by atoms with Crippen molar-refractivity contribution in [2.75, 3.05) is 11.9 Å². The molecule has 3 nitrogen and oxygen atoms in total. The summed E-state index contributed by atoms with van der Waals surface area (Å²) in [4.78, 5) is 16.8. The van der Waals surface area contributed by atoms with Crippen molar-refractivity contribution in [2.45, 2.75) is 6.92 Å². The molecule has 0 bridgehead atoms. The zero-order chi connectivity index (χ0) is 12.3. The molecule has 0 amide bonds. The Hall–Kier alpha value is -2.16. The van der Waals surface area contributed by atoms with E-state index in [-0.39, 0.29) is 0 Å². The Morgan fingerprint density at radius 3 is 2.53 bits per heavy atom. The number of hydrogen-bond acceptors (Lipinski definition) is 3. The van der Waals surface area contributed by atoms with E-state index in [2.05, 4.69) is 18.0 Å². The van der Waals surface area contributed by atoms with E-state index in [1.165, 1.54) is 5.56 Å². The Morgan fingerprint density at radius 1 is 1.18 bits per heavy atom. The second-order valence-corrected chi connectivity index (χ2v) is 3.91. The first-order valence-electron chi connectivity index (χ1n) is 5.43. The number of rotatable bonds is 3. The lowest BCUT2D eigenvalue weighted by atomic mass is 10.2. The fraction of sp³-hybridized carbons (Fsp3) is 0.143. The summed E-state index contributed by atoms with van der Waals surface area (Å²) in [7, 11) is 1.96. The number of aryl methyl sites for hydroxylation is 1. The van der Waals surface area contributed by atoms with E-state index in [1.54, 1.807) is 12.3 Å². The highest BCUT2D eigenvalue weighted by Gasteiger charge is 2.06. The molecular formula is C14H14N2O. The predicted octanol–water partition coefficient (Wildman–Crippen LogP) is 2.97. The number of hydrogen-bond donors (Lipinski definition) is 0. The predicted molar refractivity (Wildman–Crippen MR) is 68.9 cm³/mol. The van der Waals surface area contributed by atoms with E-state index >= 15 is 0 Å². The molecule has 3 heteroatoms. The molecule has 0 fully saturated rings. The van der Waals surface area contributed by atoms with Crippen molar-refractivity contribution in [3.63, 3.8) is 0 Å². The molecule has 2 aromatic rings. The normalized spacial score (nSPS) is 10.0. The van der Waals surface area contributed by atoms with E-state index < -0.39 is 0 Å². The van der Waals surface area contributed by atoms with Crippen LogP contribution in [-0.2, 0) is 0 Å². The summed E-state index contributed by atoms with van der Waals surface area (Å²) in [5, 5.41) is 0. The highest BCUT2D eigenvalue weighted by molar-refractivity contribution is 5.75. The van der Waals surface area contributed by atoms with Crippen LogP contribution in [0.2, 0.25) is 0 Å². The average molecular weight is 226 g/mol. The van der Waals surface area contributed by atoms with Gasteiger partial charge in [-0.3, -0.25) is 4.79 Å². The van der Waals surface area contributed by atoms with E-state index in [0.717, 1.165) is 17.8 Å². The summed E-state index contributed by atoms with van der Waals surface area (Å²) in [6.45, 7) is 2.06. The summed E-state index contributed by atoms with van der Waals surface area (Å²) in [5.41, 5.74) is 2.89. The first-order chi connectivity index (χ1) is 8.22.